The summed E-state index contributed by atoms with van der Waals surface area (Å²) >= 11 is 0. The van der Waals surface area contributed by atoms with Crippen molar-refractivity contribution in [1.82, 2.24) is 61.7 Å². The van der Waals surface area contributed by atoms with Gasteiger partial charge in [0.15, 0.2) is 5.78 Å². The van der Waals surface area contributed by atoms with Crippen LogP contribution in [0.25, 0.3) is 0 Å². The van der Waals surface area contributed by atoms with E-state index in [4.69, 9.17) is 11.5 Å². The number of nitrogens with two attached hydrogens (primary N) is 2. The minimum Gasteiger partial charge on any atom is -0.508 e. The van der Waals surface area contributed by atoms with Crippen molar-refractivity contribution in [3.8, 4) is 5.75 Å². The molecule has 103 heavy (non-hydrogen) atoms. The number of benzene rings is 3. The quantitative estimate of drug-likeness (QED) is 0.0277. The maximum Gasteiger partial charge on any atom is 0.305 e. The fourth-order valence-electron chi connectivity index (χ4n) is 11.6. The van der Waals surface area contributed by atoms with Crippen molar-refractivity contribution in [2.75, 3.05) is 67.5 Å². The van der Waals surface area contributed by atoms with Crippen molar-refractivity contribution in [2.24, 2.45) is 23.3 Å². The molecule has 0 spiro atoms. The number of phenols is 1. The number of hydrogen-bond acceptors (Lipinski definition) is 18. The summed E-state index contributed by atoms with van der Waals surface area (Å²) in [6, 6.07) is 11.0. The lowest BCUT2D eigenvalue weighted by Gasteiger charge is -2.35. The number of aliphatic hydroxyl groups is 1. The lowest BCUT2D eigenvalue weighted by Crippen LogP contribution is -2.60. The number of hydrogen-bond donors (Lipinski definition) is 12. The van der Waals surface area contributed by atoms with Gasteiger partial charge in [-0.15, -0.1) is 0 Å². The van der Waals surface area contributed by atoms with E-state index in [1.807, 2.05) is 6.92 Å². The number of aliphatic hydroxyl groups excluding tert-OH is 1. The minimum absolute atomic E-state index is 0.0591. The molecule has 0 aromatic heterocycles. The number of likely N-dealkylation sites (tertiary alicyclic amines) is 1. The molecule has 32 heteroatoms. The van der Waals surface area contributed by atoms with Crippen LogP contribution in [-0.2, 0) is 91.2 Å². The van der Waals surface area contributed by atoms with Crippen LogP contribution in [0.2, 0.25) is 0 Å². The molecule has 10 atom stereocenters. The van der Waals surface area contributed by atoms with Gasteiger partial charge in [-0.2, -0.15) is 0 Å². The molecule has 3 aromatic carbocycles. The van der Waals surface area contributed by atoms with Gasteiger partial charge in [-0.1, -0.05) is 120 Å². The van der Waals surface area contributed by atoms with Crippen LogP contribution in [0.15, 0.2) is 84.9 Å². The van der Waals surface area contributed by atoms with Crippen molar-refractivity contribution < 1.29 is 87.2 Å². The zero-order valence-electron chi connectivity index (χ0n) is 60.0. The number of phenolic OH excluding ortho intramolecular Hbond substituents is 1. The first-order valence-corrected chi connectivity index (χ1v) is 34.4. The number of nitrogens with one attached hydrogen (secondary N) is 7. The van der Waals surface area contributed by atoms with Crippen molar-refractivity contribution >= 4 is 88.5 Å². The van der Waals surface area contributed by atoms with Crippen molar-refractivity contribution in [2.45, 2.75) is 166 Å². The van der Waals surface area contributed by atoms with Crippen LogP contribution in [0.4, 0.5) is 0 Å². The minimum atomic E-state index is -1.69. The molecule has 0 unspecified atom stereocenters. The maximum absolute atomic E-state index is 15.1. The zero-order chi connectivity index (χ0) is 76.8. The summed E-state index contributed by atoms with van der Waals surface area (Å²) in [5, 5.41) is 47.4. The van der Waals surface area contributed by atoms with Crippen LogP contribution in [0.1, 0.15) is 109 Å². The number of likely N-dealkylation sites (N-methyl/N-ethyl adjacent to an activating group) is 4. The molecular formula is C71H102N14O18. The highest BCUT2D eigenvalue weighted by Gasteiger charge is 2.43. The standard InChI is InChI=1S/C71H102N14O18/c1-10-12-15-25-49(76-59(90)39-75-66(98)53(41-86)80-64(96)48(42(3)4)35-57(88)50(36-62(93)94)78-63(95)43(5)82(7)61(92)11-2)68(100)83(8)55(33-44-21-16-13-17-22-44)70(102)81(6)40-60(91)77-51(32-46-27-29-47(87)30-28-46)69(101)84(9)56(34-45-23-18-14-19-24-45)71(103)85-31-20-26-54(85)67(99)79-52(37-72)65(97)74-38-58(73)89/h13-14,16-19,21-24,27-30,42-43,48-56,86-87H,10-12,15,20,25-26,31-41,72H2,1-9H3,(H2,73,89)(H,74,97)(H,75,98)(H,76,90)(H,77,91)(H,78,95)(H,79,99)(H,80,96)(H,93,94)/t43-,48-,49-,50-,51-,52-,53-,54-,55-,56-/m0/s1. The van der Waals surface area contributed by atoms with E-state index >= 15 is 4.79 Å². The molecule has 1 aliphatic heterocycles. The smallest absolute Gasteiger partial charge is 0.305 e. The van der Waals surface area contributed by atoms with Gasteiger partial charge >= 0.3 is 5.97 Å². The second-order valence-electron chi connectivity index (χ2n) is 26.0. The molecule has 4 rings (SSSR count). The van der Waals surface area contributed by atoms with E-state index < -0.39 is 188 Å². The predicted octanol–water partition coefficient (Wildman–Crippen LogP) is -1.84. The number of ketones is 1. The molecule has 0 radical (unpaired) electrons. The summed E-state index contributed by atoms with van der Waals surface area (Å²) in [5.74, 6) is -14.3. The summed E-state index contributed by atoms with van der Waals surface area (Å²) in [7, 11) is 5.41. The molecule has 13 amide bonds. The Labute approximate surface area is 599 Å². The zero-order valence-corrected chi connectivity index (χ0v) is 60.0. The number of aliphatic carboxylic acids is 1. The Morgan fingerprint density at radius 3 is 1.68 bits per heavy atom. The van der Waals surface area contributed by atoms with E-state index in [0.717, 1.165) is 14.7 Å². The average Bonchev–Trinajstić information content (AvgIpc) is 1.75. The Morgan fingerprint density at radius 2 is 1.13 bits per heavy atom. The molecule has 1 saturated heterocycles. The number of carboxylic acid groups (broad SMARTS) is 1. The highest BCUT2D eigenvalue weighted by atomic mass is 16.4. The number of amides is 13. The van der Waals surface area contributed by atoms with E-state index in [0.29, 0.717) is 42.4 Å². The third kappa shape index (κ3) is 26.5. The van der Waals surface area contributed by atoms with Crippen LogP contribution in [-0.4, -0.2) is 250 Å². The van der Waals surface area contributed by atoms with Gasteiger partial charge in [0, 0.05) is 79.3 Å². The van der Waals surface area contributed by atoms with Gasteiger partial charge in [0.2, 0.25) is 76.8 Å². The molecular weight excluding hydrogens is 1340 g/mol. The normalized spacial score (nSPS) is 15.1. The first kappa shape index (κ1) is 85.0. The Morgan fingerprint density at radius 1 is 0.583 bits per heavy atom. The van der Waals surface area contributed by atoms with Crippen LogP contribution < -0.4 is 48.7 Å². The number of Topliss-reactive ketones (excluding diaryl/α,β-unsaturated/α-hetero) is 1. The van der Waals surface area contributed by atoms with Crippen molar-refractivity contribution in [3.63, 3.8) is 0 Å². The monoisotopic (exact) mass is 1440 g/mol. The second kappa shape index (κ2) is 42.1. The maximum atomic E-state index is 15.1. The number of carboxylic acids is 1. The Kier molecular flexibility index (Phi) is 34.8. The largest absolute Gasteiger partial charge is 0.508 e. The van der Waals surface area contributed by atoms with Gasteiger partial charge in [0.25, 0.3) is 0 Å². The fourth-order valence-corrected chi connectivity index (χ4v) is 11.6. The van der Waals surface area contributed by atoms with Crippen LogP contribution in [0, 0.1) is 11.8 Å². The number of unbranched alkanes of at least 4 members (excludes halogenated alkanes) is 2. The number of nitrogens with zero attached hydrogens (tertiary/aromatic N) is 5. The fraction of sp³-hybridized carbons (Fsp3) is 0.535. The van der Waals surface area contributed by atoms with E-state index in [1.54, 1.807) is 81.4 Å². The summed E-state index contributed by atoms with van der Waals surface area (Å²) in [6.07, 6.45) is 0.609. The number of carbonyl (C=O) groups excluding carboxylic acids is 14. The van der Waals surface area contributed by atoms with Crippen LogP contribution in [0.3, 0.4) is 0 Å². The van der Waals surface area contributed by atoms with Gasteiger partial charge in [-0.25, -0.2) is 0 Å². The Balaban J connectivity index is 1.56. The SMILES string of the molecule is CCCCC[C@H](NC(=O)CNC(=O)[C@H](CO)NC(=O)[C@@H](CC(=O)[C@H](CC(=O)O)NC(=O)[C@H](C)N(C)C(=O)CC)C(C)C)C(=O)N(C)[C@@H](Cc1ccccc1)C(=O)N(C)CC(=O)N[C@@H](Cc1ccc(O)cc1)C(=O)N(C)[C@@H](Cc1ccccc1)C(=O)N1CCC[C@H]1C(=O)N[C@@H](CN)C(=O)NCC(N)=O. The van der Waals surface area contributed by atoms with Crippen LogP contribution >= 0.6 is 0 Å². The average molecular weight is 1440 g/mol. The third-order valence-electron chi connectivity index (χ3n) is 17.9. The predicted molar refractivity (Wildman–Crippen MR) is 375 cm³/mol. The summed E-state index contributed by atoms with van der Waals surface area (Å²) in [6.45, 7) is 4.79. The second-order valence-corrected chi connectivity index (χ2v) is 26.0. The molecule has 1 aliphatic rings. The number of carbonyl (C=O) groups is 15. The number of primary amides is 1. The van der Waals surface area contributed by atoms with Gasteiger partial charge in [0.1, 0.15) is 54.1 Å². The van der Waals surface area contributed by atoms with Gasteiger partial charge in [-0.05, 0) is 60.9 Å². The molecule has 0 aliphatic carbocycles. The molecule has 1 fully saturated rings. The Hall–Kier alpha value is -10.4. The highest BCUT2D eigenvalue weighted by molar-refractivity contribution is 6.00. The topological polar surface area (TPSA) is 469 Å². The van der Waals surface area contributed by atoms with Crippen LogP contribution in [0.5, 0.6) is 5.75 Å². The van der Waals surface area contributed by atoms with Gasteiger partial charge in [0.05, 0.1) is 38.7 Å². The molecule has 32 nitrogen and oxygen atoms in total. The van der Waals surface area contributed by atoms with E-state index in [2.05, 4.69) is 37.2 Å². The van der Waals surface area contributed by atoms with Crippen molar-refractivity contribution in [1.29, 1.82) is 0 Å². The first-order chi connectivity index (χ1) is 48.8. The number of aromatic hydroxyl groups is 1. The summed E-state index contributed by atoms with van der Waals surface area (Å²) in [4.78, 5) is 210. The van der Waals surface area contributed by atoms with E-state index in [9.17, 15) is 82.4 Å². The summed E-state index contributed by atoms with van der Waals surface area (Å²) < 4.78 is 0. The molecule has 0 bridgehead atoms. The molecule has 3 aromatic rings. The Bertz CT molecular complexity index is 3440. The van der Waals surface area contributed by atoms with Gasteiger partial charge < -0.3 is 88.5 Å². The molecule has 564 valence electrons. The van der Waals surface area contributed by atoms with E-state index in [1.165, 1.54) is 69.2 Å². The lowest BCUT2D eigenvalue weighted by molar-refractivity contribution is -0.149. The highest BCUT2D eigenvalue weighted by Crippen LogP contribution is 2.24. The third-order valence-corrected chi connectivity index (χ3v) is 17.9. The molecule has 0 saturated carbocycles. The van der Waals surface area contributed by atoms with Gasteiger partial charge in [-0.3, -0.25) is 71.9 Å². The first-order valence-electron chi connectivity index (χ1n) is 34.4. The lowest BCUT2D eigenvalue weighted by atomic mass is 9.87. The molecule has 1 heterocycles. The number of rotatable bonds is 42. The summed E-state index contributed by atoms with van der Waals surface area (Å²) in [5.41, 5.74) is 12.7. The van der Waals surface area contributed by atoms with E-state index in [-0.39, 0.29) is 63.3 Å². The molecule has 14 N–H and O–H groups in total. The van der Waals surface area contributed by atoms with Crippen molar-refractivity contribution in [3.05, 3.63) is 102 Å².